The molecule has 0 spiro atoms. The minimum Gasteiger partial charge on any atom is -0.274 e. The number of hydrazine groups is 1. The highest BCUT2D eigenvalue weighted by Crippen LogP contribution is 2.42. The van der Waals surface area contributed by atoms with Crippen LogP contribution in [0, 0.1) is 18.7 Å². The van der Waals surface area contributed by atoms with Gasteiger partial charge in [0.15, 0.2) is 0 Å². The maximum Gasteiger partial charge on any atom is 0.268 e. The van der Waals surface area contributed by atoms with Crippen molar-refractivity contribution in [1.29, 1.82) is 0 Å². The van der Waals surface area contributed by atoms with E-state index >= 15 is 0 Å². The van der Waals surface area contributed by atoms with E-state index in [0.29, 0.717) is 15.7 Å². The molecule has 0 saturated carbocycles. The number of carbonyl (C=O) groups is 3. The summed E-state index contributed by atoms with van der Waals surface area (Å²) in [5.41, 5.74) is 4.93. The lowest BCUT2D eigenvalue weighted by Gasteiger charge is -2.25. The molecular weight excluding hydrogens is 489 g/mol. The zero-order valence-electron chi connectivity index (χ0n) is 17.5. The zero-order chi connectivity index (χ0) is 23.3. The third-order valence-electron chi connectivity index (χ3n) is 6.06. The van der Waals surface area contributed by atoms with E-state index in [2.05, 4.69) is 21.4 Å². The first-order valence-electron chi connectivity index (χ1n) is 10.4. The summed E-state index contributed by atoms with van der Waals surface area (Å²) >= 11 is 3.35. The molecule has 5 rings (SSSR count). The molecule has 2 heterocycles. The highest BCUT2D eigenvalue weighted by molar-refractivity contribution is 9.10. The van der Waals surface area contributed by atoms with Crippen molar-refractivity contribution in [2.75, 3.05) is 4.90 Å². The number of anilines is 1. The number of hydrogen-bond donors (Lipinski definition) is 1. The lowest BCUT2D eigenvalue weighted by atomic mass is 9.90. The lowest BCUT2D eigenvalue weighted by Crippen LogP contribution is -2.48. The Morgan fingerprint density at radius 2 is 1.70 bits per heavy atom. The van der Waals surface area contributed by atoms with Crippen LogP contribution < -0.4 is 10.3 Å². The van der Waals surface area contributed by atoms with Crippen molar-refractivity contribution < 1.29 is 18.8 Å². The molecule has 1 N–H and O–H groups in total. The molecule has 0 unspecified atom stereocenters. The van der Waals surface area contributed by atoms with Gasteiger partial charge in [0, 0.05) is 15.6 Å². The highest BCUT2D eigenvalue weighted by atomic mass is 79.9. The molecule has 6 nitrogen and oxygen atoms in total. The summed E-state index contributed by atoms with van der Waals surface area (Å²) in [5, 5.41) is 1.18. The van der Waals surface area contributed by atoms with Crippen LogP contribution in [0.2, 0.25) is 0 Å². The molecule has 8 heteroatoms. The maximum atomic E-state index is 14.7. The van der Waals surface area contributed by atoms with E-state index in [9.17, 15) is 18.8 Å². The quantitative estimate of drug-likeness (QED) is 0.540. The standard InChI is InChI=1S/C25H19BrFN3O3/c1-14-9-11-17(12-10-14)29-24(32)20-21(18-7-2-3-8-19(18)27)28-30(22(20)25(29)33)23(31)15-5-4-6-16(26)13-15/h2-13,20-22,28H,1H3/t20-,21+,22+/m1/s1. The lowest BCUT2D eigenvalue weighted by molar-refractivity contribution is -0.123. The number of halogens is 2. The molecule has 0 radical (unpaired) electrons. The van der Waals surface area contributed by atoms with Gasteiger partial charge in [0.25, 0.3) is 11.8 Å². The van der Waals surface area contributed by atoms with Gasteiger partial charge in [-0.05, 0) is 43.3 Å². The van der Waals surface area contributed by atoms with Crippen molar-refractivity contribution in [2.45, 2.75) is 19.0 Å². The van der Waals surface area contributed by atoms with Crippen molar-refractivity contribution in [3.63, 3.8) is 0 Å². The molecule has 3 amide bonds. The van der Waals surface area contributed by atoms with Crippen LogP contribution in [0.1, 0.15) is 27.5 Å². The highest BCUT2D eigenvalue weighted by Gasteiger charge is 2.60. The Labute approximate surface area is 198 Å². The average molecular weight is 508 g/mol. The Hall–Kier alpha value is -3.36. The van der Waals surface area contributed by atoms with E-state index < -0.39 is 41.5 Å². The Morgan fingerprint density at radius 1 is 0.970 bits per heavy atom. The summed E-state index contributed by atoms with van der Waals surface area (Å²) in [7, 11) is 0. The summed E-state index contributed by atoms with van der Waals surface area (Å²) < 4.78 is 15.4. The molecule has 2 saturated heterocycles. The first-order chi connectivity index (χ1) is 15.9. The molecule has 0 bridgehead atoms. The molecule has 2 fully saturated rings. The summed E-state index contributed by atoms with van der Waals surface area (Å²) in [5.74, 6) is -2.95. The van der Waals surface area contributed by atoms with Crippen LogP contribution in [0.5, 0.6) is 0 Å². The third kappa shape index (κ3) is 3.55. The summed E-state index contributed by atoms with van der Waals surface area (Å²) in [6, 6.07) is 17.8. The molecule has 3 aromatic rings. The number of carbonyl (C=O) groups excluding carboxylic acids is 3. The fraction of sp³-hybridized carbons (Fsp3) is 0.160. The van der Waals surface area contributed by atoms with Crippen LogP contribution in [0.4, 0.5) is 10.1 Å². The maximum absolute atomic E-state index is 14.7. The van der Waals surface area contributed by atoms with Gasteiger partial charge in [-0.3, -0.25) is 19.4 Å². The molecule has 3 aromatic carbocycles. The number of fused-ring (bicyclic) bond motifs is 1. The van der Waals surface area contributed by atoms with E-state index in [0.717, 1.165) is 10.5 Å². The number of nitrogens with zero attached hydrogens (tertiary/aromatic N) is 2. The van der Waals surface area contributed by atoms with Gasteiger partial charge in [-0.1, -0.05) is 57.9 Å². The second-order valence-electron chi connectivity index (χ2n) is 8.13. The van der Waals surface area contributed by atoms with E-state index in [1.165, 1.54) is 11.1 Å². The second kappa shape index (κ2) is 8.20. The molecule has 0 aliphatic carbocycles. The van der Waals surface area contributed by atoms with Gasteiger partial charge in [0.1, 0.15) is 11.9 Å². The Balaban J connectivity index is 1.60. The average Bonchev–Trinajstić information content (AvgIpc) is 3.31. The summed E-state index contributed by atoms with van der Waals surface area (Å²) in [6.07, 6.45) is 0. The Bertz CT molecular complexity index is 1280. The largest absolute Gasteiger partial charge is 0.274 e. The first kappa shape index (κ1) is 21.5. The van der Waals surface area contributed by atoms with Crippen molar-refractivity contribution in [2.24, 2.45) is 5.92 Å². The Morgan fingerprint density at radius 3 is 2.39 bits per heavy atom. The molecule has 33 heavy (non-hydrogen) atoms. The van der Waals surface area contributed by atoms with E-state index in [1.54, 1.807) is 66.7 Å². The predicted octanol–water partition coefficient (Wildman–Crippen LogP) is 4.16. The third-order valence-corrected chi connectivity index (χ3v) is 6.55. The van der Waals surface area contributed by atoms with E-state index in [-0.39, 0.29) is 5.56 Å². The predicted molar refractivity (Wildman–Crippen MR) is 124 cm³/mol. The van der Waals surface area contributed by atoms with Gasteiger partial charge in [0.2, 0.25) is 5.91 Å². The number of rotatable bonds is 3. The van der Waals surface area contributed by atoms with Crippen molar-refractivity contribution in [3.8, 4) is 0 Å². The number of hydrogen-bond acceptors (Lipinski definition) is 4. The van der Waals surface area contributed by atoms with Crippen molar-refractivity contribution >= 4 is 39.3 Å². The molecular formula is C25H19BrFN3O3. The number of benzene rings is 3. The SMILES string of the molecule is Cc1ccc(N2C(=O)[C@H]3[C@@H](C2=O)N(C(=O)c2cccc(Br)c2)N[C@H]3c2ccccc2F)cc1. The van der Waals surface area contributed by atoms with Gasteiger partial charge in [-0.2, -0.15) is 0 Å². The number of imide groups is 1. The summed E-state index contributed by atoms with van der Waals surface area (Å²) in [6.45, 7) is 1.91. The fourth-order valence-corrected chi connectivity index (χ4v) is 4.87. The van der Waals surface area contributed by atoms with Gasteiger partial charge >= 0.3 is 0 Å². The minimum atomic E-state index is -1.10. The topological polar surface area (TPSA) is 69.7 Å². The number of aryl methyl sites for hydroxylation is 1. The van der Waals surface area contributed by atoms with Crippen molar-refractivity contribution in [1.82, 2.24) is 10.4 Å². The van der Waals surface area contributed by atoms with Gasteiger partial charge in [-0.25, -0.2) is 14.7 Å². The minimum absolute atomic E-state index is 0.226. The number of nitrogens with one attached hydrogen (secondary N) is 1. The van der Waals surface area contributed by atoms with E-state index in [1.807, 2.05) is 6.92 Å². The monoisotopic (exact) mass is 507 g/mol. The van der Waals surface area contributed by atoms with Crippen LogP contribution in [-0.2, 0) is 9.59 Å². The van der Waals surface area contributed by atoms with E-state index in [4.69, 9.17) is 0 Å². The van der Waals surface area contributed by atoms with Crippen LogP contribution >= 0.6 is 15.9 Å². The second-order valence-corrected chi connectivity index (χ2v) is 9.05. The smallest absolute Gasteiger partial charge is 0.268 e. The fourth-order valence-electron chi connectivity index (χ4n) is 4.47. The molecule has 3 atom stereocenters. The van der Waals surface area contributed by atoms with Gasteiger partial charge in [0.05, 0.1) is 17.6 Å². The molecule has 166 valence electrons. The summed E-state index contributed by atoms with van der Waals surface area (Å²) in [4.78, 5) is 41.6. The van der Waals surface area contributed by atoms with Crippen LogP contribution in [-0.4, -0.2) is 28.8 Å². The van der Waals surface area contributed by atoms with Crippen LogP contribution in [0.15, 0.2) is 77.3 Å². The number of amides is 3. The van der Waals surface area contributed by atoms with Gasteiger partial charge in [-0.15, -0.1) is 0 Å². The first-order valence-corrected chi connectivity index (χ1v) is 11.2. The molecule has 2 aliphatic rings. The normalized spacial score (nSPS) is 22.1. The van der Waals surface area contributed by atoms with Crippen LogP contribution in [0.25, 0.3) is 0 Å². The Kier molecular flexibility index (Phi) is 5.34. The zero-order valence-corrected chi connectivity index (χ0v) is 19.1. The van der Waals surface area contributed by atoms with Crippen molar-refractivity contribution in [3.05, 3.63) is 99.8 Å². The van der Waals surface area contributed by atoms with Crippen LogP contribution in [0.3, 0.4) is 0 Å². The molecule has 2 aliphatic heterocycles. The molecule has 0 aromatic heterocycles. The van der Waals surface area contributed by atoms with Gasteiger partial charge < -0.3 is 0 Å².